The summed E-state index contributed by atoms with van der Waals surface area (Å²) in [7, 11) is 0. The summed E-state index contributed by atoms with van der Waals surface area (Å²) in [6.45, 7) is 8.74. The number of rotatable bonds is 4. The maximum absolute atomic E-state index is 11.8. The van der Waals surface area contributed by atoms with E-state index in [1.165, 1.54) is 0 Å². The molecule has 1 N–H and O–H groups in total. The Morgan fingerprint density at radius 1 is 1.38 bits per heavy atom. The maximum atomic E-state index is 11.8. The molecule has 1 heterocycles. The van der Waals surface area contributed by atoms with Crippen molar-refractivity contribution in [2.75, 3.05) is 26.3 Å². The maximum Gasteiger partial charge on any atom is 0.308 e. The SMILES string of the molecule is CCOC(=O)C1CCC(O)(CN2CC(C)OCC2C)CC1. The first-order valence-corrected chi connectivity index (χ1v) is 8.18. The van der Waals surface area contributed by atoms with Crippen molar-refractivity contribution in [2.45, 2.75) is 64.2 Å². The van der Waals surface area contributed by atoms with Crippen molar-refractivity contribution >= 4 is 5.97 Å². The highest BCUT2D eigenvalue weighted by molar-refractivity contribution is 5.72. The average Bonchev–Trinajstić information content (AvgIpc) is 2.44. The summed E-state index contributed by atoms with van der Waals surface area (Å²) in [4.78, 5) is 14.1. The van der Waals surface area contributed by atoms with Gasteiger partial charge in [-0.3, -0.25) is 9.69 Å². The van der Waals surface area contributed by atoms with Gasteiger partial charge in [0, 0.05) is 19.1 Å². The van der Waals surface area contributed by atoms with Crippen molar-refractivity contribution in [1.29, 1.82) is 0 Å². The van der Waals surface area contributed by atoms with Crippen LogP contribution in [0.1, 0.15) is 46.5 Å². The summed E-state index contributed by atoms with van der Waals surface area (Å²) in [5.41, 5.74) is -0.672. The molecule has 21 heavy (non-hydrogen) atoms. The van der Waals surface area contributed by atoms with Crippen molar-refractivity contribution in [3.05, 3.63) is 0 Å². The van der Waals surface area contributed by atoms with Crippen LogP contribution in [0.4, 0.5) is 0 Å². The Labute approximate surface area is 127 Å². The van der Waals surface area contributed by atoms with Gasteiger partial charge in [-0.25, -0.2) is 0 Å². The smallest absolute Gasteiger partial charge is 0.308 e. The largest absolute Gasteiger partial charge is 0.466 e. The minimum atomic E-state index is -0.672. The standard InChI is InChI=1S/C16H29NO4/c1-4-20-15(18)14-5-7-16(19,8-6-14)11-17-9-13(3)21-10-12(17)2/h12-14,19H,4-11H2,1-3H3. The number of hydrogen-bond acceptors (Lipinski definition) is 5. The van der Waals surface area contributed by atoms with Crippen molar-refractivity contribution in [1.82, 2.24) is 4.90 Å². The predicted octanol–water partition coefficient (Wildman–Crippen LogP) is 1.58. The Kier molecular flexibility index (Phi) is 5.63. The lowest BCUT2D eigenvalue weighted by atomic mass is 9.78. The molecule has 122 valence electrons. The summed E-state index contributed by atoms with van der Waals surface area (Å²) >= 11 is 0. The molecule has 1 aliphatic heterocycles. The number of ether oxygens (including phenoxy) is 2. The van der Waals surface area contributed by atoms with E-state index < -0.39 is 5.60 Å². The molecule has 5 heteroatoms. The average molecular weight is 299 g/mol. The summed E-state index contributed by atoms with van der Waals surface area (Å²) in [5, 5.41) is 10.8. The van der Waals surface area contributed by atoms with Crippen molar-refractivity contribution in [3.63, 3.8) is 0 Å². The van der Waals surface area contributed by atoms with Crippen LogP contribution in [0.25, 0.3) is 0 Å². The van der Waals surface area contributed by atoms with E-state index in [-0.39, 0.29) is 18.0 Å². The topological polar surface area (TPSA) is 59.0 Å². The van der Waals surface area contributed by atoms with Crippen LogP contribution < -0.4 is 0 Å². The van der Waals surface area contributed by atoms with E-state index >= 15 is 0 Å². The summed E-state index contributed by atoms with van der Waals surface area (Å²) in [6.07, 6.45) is 3.03. The minimum Gasteiger partial charge on any atom is -0.466 e. The number of hydrogen-bond donors (Lipinski definition) is 1. The summed E-state index contributed by atoms with van der Waals surface area (Å²) in [5.74, 6) is -0.140. The molecule has 1 saturated heterocycles. The van der Waals surface area contributed by atoms with Gasteiger partial charge >= 0.3 is 5.97 Å². The van der Waals surface area contributed by atoms with Crippen molar-refractivity contribution < 1.29 is 19.4 Å². The Morgan fingerprint density at radius 2 is 2.05 bits per heavy atom. The quantitative estimate of drug-likeness (QED) is 0.799. The molecule has 2 unspecified atom stereocenters. The lowest BCUT2D eigenvalue weighted by molar-refractivity contribution is -0.152. The minimum absolute atomic E-state index is 0.0359. The van der Waals surface area contributed by atoms with Gasteiger partial charge in [0.2, 0.25) is 0 Å². The van der Waals surface area contributed by atoms with Crippen LogP contribution in [-0.4, -0.2) is 60.0 Å². The van der Waals surface area contributed by atoms with Crippen LogP contribution in [0.2, 0.25) is 0 Å². The Balaban J connectivity index is 1.85. The van der Waals surface area contributed by atoms with E-state index in [1.54, 1.807) is 0 Å². The first kappa shape index (κ1) is 16.7. The van der Waals surface area contributed by atoms with E-state index in [1.807, 2.05) is 6.92 Å². The second-order valence-electron chi connectivity index (χ2n) is 6.67. The van der Waals surface area contributed by atoms with E-state index in [2.05, 4.69) is 18.7 Å². The number of aliphatic hydroxyl groups is 1. The molecular weight excluding hydrogens is 270 g/mol. The predicted molar refractivity (Wildman–Crippen MR) is 80.0 cm³/mol. The lowest BCUT2D eigenvalue weighted by Gasteiger charge is -2.43. The third-order valence-electron chi connectivity index (χ3n) is 4.77. The fraction of sp³-hybridized carbons (Fsp3) is 0.938. The molecule has 1 aliphatic carbocycles. The summed E-state index contributed by atoms with van der Waals surface area (Å²) in [6, 6.07) is 0.341. The van der Waals surface area contributed by atoms with Gasteiger partial charge in [0.05, 0.1) is 30.8 Å². The molecule has 0 bridgehead atoms. The highest BCUT2D eigenvalue weighted by atomic mass is 16.5. The molecule has 2 fully saturated rings. The van der Waals surface area contributed by atoms with Gasteiger partial charge in [-0.05, 0) is 46.5 Å². The molecule has 0 radical (unpaired) electrons. The highest BCUT2D eigenvalue weighted by Gasteiger charge is 2.39. The van der Waals surface area contributed by atoms with Crippen molar-refractivity contribution in [2.24, 2.45) is 5.92 Å². The number of morpholine rings is 1. The molecule has 2 atom stereocenters. The zero-order chi connectivity index (χ0) is 15.5. The van der Waals surface area contributed by atoms with Gasteiger partial charge in [-0.2, -0.15) is 0 Å². The van der Waals surface area contributed by atoms with Crippen molar-refractivity contribution in [3.8, 4) is 0 Å². The molecule has 0 amide bonds. The molecule has 1 saturated carbocycles. The van der Waals surface area contributed by atoms with Crippen LogP contribution >= 0.6 is 0 Å². The van der Waals surface area contributed by atoms with Gasteiger partial charge < -0.3 is 14.6 Å². The first-order valence-electron chi connectivity index (χ1n) is 8.18. The van der Waals surface area contributed by atoms with Crippen LogP contribution in [0.15, 0.2) is 0 Å². The third kappa shape index (κ3) is 4.41. The Hall–Kier alpha value is -0.650. The molecule has 0 spiro atoms. The number of esters is 1. The van der Waals surface area contributed by atoms with Gasteiger partial charge in [0.1, 0.15) is 0 Å². The Morgan fingerprint density at radius 3 is 2.67 bits per heavy atom. The first-order chi connectivity index (χ1) is 9.93. The van der Waals surface area contributed by atoms with Crippen LogP contribution in [0.3, 0.4) is 0 Å². The second-order valence-corrected chi connectivity index (χ2v) is 6.67. The van der Waals surface area contributed by atoms with Gasteiger partial charge in [-0.1, -0.05) is 0 Å². The van der Waals surface area contributed by atoms with Crippen LogP contribution in [0, 0.1) is 5.92 Å². The lowest BCUT2D eigenvalue weighted by Crippen LogP contribution is -2.54. The zero-order valence-corrected chi connectivity index (χ0v) is 13.5. The zero-order valence-electron chi connectivity index (χ0n) is 13.5. The molecule has 0 aromatic rings. The molecule has 0 aromatic heterocycles. The summed E-state index contributed by atoms with van der Waals surface area (Å²) < 4.78 is 10.7. The van der Waals surface area contributed by atoms with Gasteiger partial charge in [-0.15, -0.1) is 0 Å². The van der Waals surface area contributed by atoms with E-state index in [0.717, 1.165) is 26.0 Å². The van der Waals surface area contributed by atoms with E-state index in [9.17, 15) is 9.90 Å². The number of carbonyl (C=O) groups excluding carboxylic acids is 1. The van der Waals surface area contributed by atoms with Crippen LogP contribution in [0.5, 0.6) is 0 Å². The number of nitrogens with zero attached hydrogens (tertiary/aromatic N) is 1. The highest BCUT2D eigenvalue weighted by Crippen LogP contribution is 2.34. The number of β-amino-alcohol motifs (C(OH)–C–C–N with tert-alkyl or cyclic N) is 1. The number of carbonyl (C=O) groups is 1. The third-order valence-corrected chi connectivity index (χ3v) is 4.77. The van der Waals surface area contributed by atoms with Gasteiger partial charge in [0.25, 0.3) is 0 Å². The van der Waals surface area contributed by atoms with E-state index in [0.29, 0.717) is 32.0 Å². The van der Waals surface area contributed by atoms with E-state index in [4.69, 9.17) is 9.47 Å². The molecule has 2 rings (SSSR count). The second kappa shape index (κ2) is 7.07. The van der Waals surface area contributed by atoms with Gasteiger partial charge in [0.15, 0.2) is 0 Å². The fourth-order valence-corrected chi connectivity index (χ4v) is 3.38. The normalized spacial score (nSPS) is 38.2. The molecule has 5 nitrogen and oxygen atoms in total. The molecule has 2 aliphatic rings. The molecule has 0 aromatic carbocycles. The Bertz CT molecular complexity index is 352. The fourth-order valence-electron chi connectivity index (χ4n) is 3.38. The molecular formula is C16H29NO4. The monoisotopic (exact) mass is 299 g/mol. The van der Waals surface area contributed by atoms with Crippen LogP contribution in [-0.2, 0) is 14.3 Å².